The molecule has 0 saturated carbocycles. The number of benzene rings is 3. The maximum atomic E-state index is 13.5. The highest BCUT2D eigenvalue weighted by Gasteiger charge is 2.41. The Balaban J connectivity index is 1.47. The Kier molecular flexibility index (Phi) is 9.45. The molecule has 0 radical (unpaired) electrons. The van der Waals surface area contributed by atoms with Crippen molar-refractivity contribution in [1.29, 1.82) is 0 Å². The smallest absolute Gasteiger partial charge is 0.417 e. The van der Waals surface area contributed by atoms with Gasteiger partial charge in [0.1, 0.15) is 12.7 Å². The Labute approximate surface area is 241 Å². The second kappa shape index (κ2) is 13.0. The molecule has 0 bridgehead atoms. The summed E-state index contributed by atoms with van der Waals surface area (Å²) in [6, 6.07) is 25.0. The van der Waals surface area contributed by atoms with Crippen LogP contribution in [0.15, 0.2) is 78.9 Å². The second-order valence-electron chi connectivity index (χ2n) is 11.2. The van der Waals surface area contributed by atoms with Crippen LogP contribution in [0, 0.1) is 0 Å². The number of cyclic esters (lactones) is 1. The molecule has 2 atom stereocenters. The highest BCUT2D eigenvalue weighted by atomic mass is 16.6. The zero-order chi connectivity index (χ0) is 29.6. The van der Waals surface area contributed by atoms with Crippen molar-refractivity contribution in [2.75, 3.05) is 13.2 Å². The number of hydrogen-bond donors (Lipinski definition) is 1. The lowest BCUT2D eigenvalue weighted by Crippen LogP contribution is -2.47. The molecule has 3 aromatic rings. The van der Waals surface area contributed by atoms with Gasteiger partial charge in [-0.25, -0.2) is 14.5 Å². The molecular formula is C33H38N2O6. The van der Waals surface area contributed by atoms with Gasteiger partial charge in [0.25, 0.3) is 5.91 Å². The quantitative estimate of drug-likeness (QED) is 0.320. The van der Waals surface area contributed by atoms with Crippen molar-refractivity contribution < 1.29 is 29.0 Å². The Hall–Kier alpha value is -4.17. The maximum absolute atomic E-state index is 13.5. The van der Waals surface area contributed by atoms with Crippen molar-refractivity contribution in [3.63, 3.8) is 0 Å². The molecule has 1 fully saturated rings. The number of hydrogen-bond acceptors (Lipinski definition) is 5. The minimum Gasteiger partial charge on any atom is -0.465 e. The summed E-state index contributed by atoms with van der Waals surface area (Å²) >= 11 is 0. The Bertz CT molecular complexity index is 1350. The first kappa shape index (κ1) is 29.8. The van der Waals surface area contributed by atoms with E-state index in [9.17, 15) is 19.5 Å². The van der Waals surface area contributed by atoms with E-state index in [1.165, 1.54) is 9.80 Å². The molecule has 1 unspecified atom stereocenters. The van der Waals surface area contributed by atoms with Gasteiger partial charge in [0.15, 0.2) is 0 Å². The van der Waals surface area contributed by atoms with E-state index >= 15 is 0 Å². The van der Waals surface area contributed by atoms with E-state index in [-0.39, 0.29) is 19.2 Å². The Morgan fingerprint density at radius 3 is 2.29 bits per heavy atom. The summed E-state index contributed by atoms with van der Waals surface area (Å²) in [4.78, 5) is 40.5. The van der Waals surface area contributed by atoms with Crippen LogP contribution in [0.5, 0.6) is 0 Å². The topological polar surface area (TPSA) is 96.4 Å². The standard InChI is InChI=1S/C33H38N2O6/c1-5-40-29(30(36)35-28(22-41-32(35)39)19-23-10-7-6-8-11-23)20-24-14-16-26(17-15-24)27-13-9-12-25(18-27)21-34(31(37)38)33(2,3)4/h6-18,28-29H,5,19-22H2,1-4H3,(H,37,38)/t28?,29-/m0/s1. The molecule has 1 N–H and O–H groups in total. The van der Waals surface area contributed by atoms with Gasteiger partial charge >= 0.3 is 12.2 Å². The van der Waals surface area contributed by atoms with Gasteiger partial charge in [-0.15, -0.1) is 0 Å². The largest absolute Gasteiger partial charge is 0.465 e. The Morgan fingerprint density at radius 1 is 0.976 bits per heavy atom. The zero-order valence-corrected chi connectivity index (χ0v) is 24.1. The van der Waals surface area contributed by atoms with Crippen molar-refractivity contribution >= 4 is 18.1 Å². The molecule has 1 aliphatic rings. The molecule has 8 heteroatoms. The van der Waals surface area contributed by atoms with Crippen LogP contribution in [0.1, 0.15) is 44.4 Å². The van der Waals surface area contributed by atoms with Crippen molar-refractivity contribution in [2.24, 2.45) is 0 Å². The minimum atomic E-state index is -0.959. The van der Waals surface area contributed by atoms with Crippen molar-refractivity contribution in [3.05, 3.63) is 95.6 Å². The first-order chi connectivity index (χ1) is 19.6. The van der Waals surface area contributed by atoms with Crippen LogP contribution in [0.2, 0.25) is 0 Å². The molecule has 0 spiro atoms. The van der Waals surface area contributed by atoms with E-state index in [0.717, 1.165) is 27.8 Å². The molecule has 4 rings (SSSR count). The molecule has 1 saturated heterocycles. The van der Waals surface area contributed by atoms with E-state index in [0.29, 0.717) is 19.4 Å². The number of carbonyl (C=O) groups is 3. The lowest BCUT2D eigenvalue weighted by atomic mass is 9.98. The fraction of sp³-hybridized carbons (Fsp3) is 0.364. The van der Waals surface area contributed by atoms with E-state index < -0.39 is 29.7 Å². The second-order valence-corrected chi connectivity index (χ2v) is 11.2. The summed E-state index contributed by atoms with van der Waals surface area (Å²) in [6.07, 6.45) is -1.58. The monoisotopic (exact) mass is 558 g/mol. The number of ether oxygens (including phenoxy) is 2. The third-order valence-electron chi connectivity index (χ3n) is 7.17. The van der Waals surface area contributed by atoms with Crippen LogP contribution in [-0.4, -0.2) is 63.9 Å². The van der Waals surface area contributed by atoms with Crippen LogP contribution in [0.4, 0.5) is 9.59 Å². The number of rotatable bonds is 10. The summed E-state index contributed by atoms with van der Waals surface area (Å²) in [5.74, 6) is -0.395. The predicted octanol–water partition coefficient (Wildman–Crippen LogP) is 6.17. The SMILES string of the molecule is CCO[C@@H](Cc1ccc(-c2cccc(CN(C(=O)O)C(C)(C)C)c2)cc1)C(=O)N1C(=O)OCC1Cc1ccccc1. The fourth-order valence-corrected chi connectivity index (χ4v) is 5.01. The van der Waals surface area contributed by atoms with Crippen molar-refractivity contribution in [3.8, 4) is 11.1 Å². The summed E-state index contributed by atoms with van der Waals surface area (Å²) in [5.41, 5.74) is 4.23. The molecule has 216 valence electrons. The number of carboxylic acid groups (broad SMARTS) is 1. The fourth-order valence-electron chi connectivity index (χ4n) is 5.01. The van der Waals surface area contributed by atoms with Gasteiger partial charge in [0, 0.05) is 25.1 Å². The lowest BCUT2D eigenvalue weighted by molar-refractivity contribution is -0.141. The number of nitrogens with zero attached hydrogens (tertiary/aromatic N) is 2. The van der Waals surface area contributed by atoms with Crippen LogP contribution in [-0.2, 0) is 33.7 Å². The number of carbonyl (C=O) groups excluding carboxylic acids is 2. The maximum Gasteiger partial charge on any atom is 0.417 e. The minimum absolute atomic E-state index is 0.159. The molecule has 3 amide bonds. The van der Waals surface area contributed by atoms with Crippen LogP contribution >= 0.6 is 0 Å². The van der Waals surface area contributed by atoms with E-state index in [2.05, 4.69) is 0 Å². The zero-order valence-electron chi connectivity index (χ0n) is 24.1. The molecule has 8 nitrogen and oxygen atoms in total. The first-order valence-electron chi connectivity index (χ1n) is 13.9. The number of imide groups is 1. The van der Waals surface area contributed by atoms with E-state index in [1.54, 1.807) is 0 Å². The summed E-state index contributed by atoms with van der Waals surface area (Å²) < 4.78 is 11.1. The van der Waals surface area contributed by atoms with E-state index in [1.807, 2.05) is 107 Å². The highest BCUT2D eigenvalue weighted by Crippen LogP contribution is 2.25. The average molecular weight is 559 g/mol. The molecule has 0 aromatic heterocycles. The van der Waals surface area contributed by atoms with E-state index in [4.69, 9.17) is 9.47 Å². The third-order valence-corrected chi connectivity index (χ3v) is 7.17. The molecule has 1 aliphatic heterocycles. The third kappa shape index (κ3) is 7.52. The van der Waals surface area contributed by atoms with Crippen LogP contribution in [0.3, 0.4) is 0 Å². The van der Waals surface area contributed by atoms with Crippen molar-refractivity contribution in [1.82, 2.24) is 9.80 Å². The van der Waals surface area contributed by atoms with Gasteiger partial charge in [-0.3, -0.25) is 9.69 Å². The predicted molar refractivity (Wildman–Crippen MR) is 156 cm³/mol. The first-order valence-corrected chi connectivity index (χ1v) is 13.9. The van der Waals surface area contributed by atoms with Crippen molar-refractivity contribution in [2.45, 2.75) is 64.8 Å². The van der Waals surface area contributed by atoms with Crippen LogP contribution in [0.25, 0.3) is 11.1 Å². The van der Waals surface area contributed by atoms with Crippen LogP contribution < -0.4 is 0 Å². The lowest BCUT2D eigenvalue weighted by Gasteiger charge is -2.33. The molecule has 3 aromatic carbocycles. The normalized spacial score (nSPS) is 15.9. The van der Waals surface area contributed by atoms with Gasteiger partial charge in [0.2, 0.25) is 0 Å². The van der Waals surface area contributed by atoms with Gasteiger partial charge in [-0.2, -0.15) is 0 Å². The average Bonchev–Trinajstić information content (AvgIpc) is 3.30. The molecular weight excluding hydrogens is 520 g/mol. The molecule has 1 heterocycles. The summed E-state index contributed by atoms with van der Waals surface area (Å²) in [6.45, 7) is 8.22. The van der Waals surface area contributed by atoms with Gasteiger partial charge in [0.05, 0.1) is 6.04 Å². The van der Waals surface area contributed by atoms with Gasteiger partial charge < -0.3 is 14.6 Å². The molecule has 0 aliphatic carbocycles. The summed E-state index contributed by atoms with van der Waals surface area (Å²) in [7, 11) is 0. The summed E-state index contributed by atoms with van der Waals surface area (Å²) in [5, 5.41) is 9.66. The highest BCUT2D eigenvalue weighted by molar-refractivity contribution is 5.96. The van der Waals surface area contributed by atoms with Gasteiger partial charge in [-0.1, -0.05) is 72.8 Å². The Morgan fingerprint density at radius 2 is 1.66 bits per heavy atom. The van der Waals surface area contributed by atoms with Gasteiger partial charge in [-0.05, 0) is 68.0 Å². The molecule has 41 heavy (non-hydrogen) atoms. The number of amides is 3.